The van der Waals surface area contributed by atoms with Crippen LogP contribution in [0.3, 0.4) is 0 Å². The summed E-state index contributed by atoms with van der Waals surface area (Å²) in [5.41, 5.74) is 0.962. The summed E-state index contributed by atoms with van der Waals surface area (Å²) in [6.45, 7) is 0.611. The Morgan fingerprint density at radius 1 is 1.80 bits per heavy atom. The van der Waals surface area contributed by atoms with Crippen molar-refractivity contribution in [2.75, 3.05) is 12.4 Å². The Morgan fingerprint density at radius 2 is 2.60 bits per heavy atom. The van der Waals surface area contributed by atoms with Crippen LogP contribution in [0.1, 0.15) is 5.69 Å². The van der Waals surface area contributed by atoms with E-state index in [1.807, 2.05) is 12.4 Å². The van der Waals surface area contributed by atoms with Gasteiger partial charge in [0.15, 0.2) is 5.13 Å². The van der Waals surface area contributed by atoms with Crippen LogP contribution in [-0.4, -0.2) is 12.0 Å². The van der Waals surface area contributed by atoms with Crippen molar-refractivity contribution in [2.24, 2.45) is 0 Å². The molecule has 0 aliphatic carbocycles. The lowest BCUT2D eigenvalue weighted by Gasteiger charge is -1.89. The predicted molar refractivity (Wildman–Crippen MR) is 44.4 cm³/mol. The number of halogens is 1. The normalized spacial score (nSPS) is 9.80. The summed E-state index contributed by atoms with van der Waals surface area (Å²) in [5.74, 6) is 0. The summed E-state index contributed by atoms with van der Waals surface area (Å²) in [4.78, 5) is 6.69. The minimum absolute atomic E-state index is 0.611. The number of hydrogen-bond acceptors (Lipinski definition) is 4. The van der Waals surface area contributed by atoms with Crippen molar-refractivity contribution in [3.63, 3.8) is 0 Å². The quantitative estimate of drug-likeness (QED) is 0.686. The molecule has 0 aromatic carbocycles. The van der Waals surface area contributed by atoms with Crippen LogP contribution in [0.2, 0.25) is 0 Å². The van der Waals surface area contributed by atoms with Crippen LogP contribution in [0.25, 0.3) is 0 Å². The Labute approximate surface area is 68.5 Å². The summed E-state index contributed by atoms with van der Waals surface area (Å²) in [5, 5.41) is 5.82. The molecule has 0 saturated carbocycles. The Kier molecular flexibility index (Phi) is 2.92. The monoisotopic (exact) mass is 177 g/mol. The molecule has 1 aromatic heterocycles. The molecule has 0 atom stereocenters. The molecule has 0 saturated heterocycles. The van der Waals surface area contributed by atoms with Crippen molar-refractivity contribution in [3.05, 3.63) is 11.1 Å². The number of nitrogens with zero attached hydrogens (tertiary/aromatic N) is 1. The molecule has 1 heterocycles. The summed E-state index contributed by atoms with van der Waals surface area (Å²) in [6.07, 6.45) is 0. The molecule has 0 fully saturated rings. The summed E-state index contributed by atoms with van der Waals surface area (Å²) >= 11 is 6.85. The van der Waals surface area contributed by atoms with Crippen molar-refractivity contribution >= 4 is 28.2 Å². The van der Waals surface area contributed by atoms with Crippen LogP contribution in [0.4, 0.5) is 5.13 Å². The van der Waals surface area contributed by atoms with E-state index >= 15 is 0 Å². The van der Waals surface area contributed by atoms with Crippen LogP contribution < -0.4 is 10.2 Å². The predicted octanol–water partition coefficient (Wildman–Crippen LogP) is 1.43. The molecule has 5 heteroatoms. The number of anilines is 1. The Morgan fingerprint density at radius 3 is 3.10 bits per heavy atom. The minimum Gasteiger partial charge on any atom is -0.365 e. The summed E-state index contributed by atoms with van der Waals surface area (Å²) < 4.78 is 0. The van der Waals surface area contributed by atoms with Crippen molar-refractivity contribution < 1.29 is 0 Å². The van der Waals surface area contributed by atoms with Crippen LogP contribution in [0.5, 0.6) is 0 Å². The topological polar surface area (TPSA) is 37.0 Å². The van der Waals surface area contributed by atoms with Crippen molar-refractivity contribution in [2.45, 2.75) is 6.54 Å². The molecule has 0 spiro atoms. The fourth-order valence-electron chi connectivity index (χ4n) is 0.571. The van der Waals surface area contributed by atoms with E-state index in [9.17, 15) is 0 Å². The molecule has 0 amide bonds. The zero-order chi connectivity index (χ0) is 7.40. The van der Waals surface area contributed by atoms with Gasteiger partial charge >= 0.3 is 0 Å². The highest BCUT2D eigenvalue weighted by Gasteiger charge is 1.96. The van der Waals surface area contributed by atoms with E-state index in [1.54, 1.807) is 11.3 Å². The second-order valence-corrected chi connectivity index (χ2v) is 2.83. The molecule has 0 radical (unpaired) electrons. The molecule has 0 bridgehead atoms. The number of aromatic nitrogens is 1. The maximum Gasteiger partial charge on any atom is 0.182 e. The molecule has 1 rings (SSSR count). The van der Waals surface area contributed by atoms with Gasteiger partial charge < -0.3 is 5.32 Å². The van der Waals surface area contributed by atoms with Crippen LogP contribution in [0.15, 0.2) is 5.38 Å². The Hall–Kier alpha value is -0.320. The zero-order valence-electron chi connectivity index (χ0n) is 5.52. The van der Waals surface area contributed by atoms with Gasteiger partial charge in [0, 0.05) is 12.4 Å². The maximum absolute atomic E-state index is 5.28. The third kappa shape index (κ3) is 1.83. The van der Waals surface area contributed by atoms with E-state index in [-0.39, 0.29) is 0 Å². The van der Waals surface area contributed by atoms with Gasteiger partial charge in [-0.25, -0.2) is 9.82 Å². The van der Waals surface area contributed by atoms with Crippen molar-refractivity contribution in [1.82, 2.24) is 9.82 Å². The Balaban J connectivity index is 2.59. The second kappa shape index (κ2) is 3.75. The van der Waals surface area contributed by atoms with E-state index in [0.29, 0.717) is 6.54 Å². The highest BCUT2D eigenvalue weighted by molar-refractivity contribution is 7.13. The van der Waals surface area contributed by atoms with Gasteiger partial charge in [0.2, 0.25) is 0 Å². The molecular weight excluding hydrogens is 170 g/mol. The zero-order valence-corrected chi connectivity index (χ0v) is 7.09. The lowest BCUT2D eigenvalue weighted by molar-refractivity contribution is 0.925. The summed E-state index contributed by atoms with van der Waals surface area (Å²) in [7, 11) is 1.84. The van der Waals surface area contributed by atoms with Gasteiger partial charge in [-0.05, 0) is 11.8 Å². The van der Waals surface area contributed by atoms with Gasteiger partial charge in [-0.3, -0.25) is 0 Å². The molecule has 0 aliphatic heterocycles. The van der Waals surface area contributed by atoms with Gasteiger partial charge in [-0.2, -0.15) is 0 Å². The smallest absolute Gasteiger partial charge is 0.182 e. The molecule has 3 nitrogen and oxygen atoms in total. The minimum atomic E-state index is 0.611. The molecule has 0 aliphatic rings. The summed E-state index contributed by atoms with van der Waals surface area (Å²) in [6, 6.07) is 0. The fourth-order valence-corrected chi connectivity index (χ4v) is 1.38. The van der Waals surface area contributed by atoms with Crippen LogP contribution >= 0.6 is 23.1 Å². The largest absolute Gasteiger partial charge is 0.365 e. The number of hydrogen-bond donors (Lipinski definition) is 2. The number of rotatable bonds is 3. The highest BCUT2D eigenvalue weighted by Crippen LogP contribution is 2.13. The molecule has 10 heavy (non-hydrogen) atoms. The fraction of sp³-hybridized carbons (Fsp3) is 0.400. The van der Waals surface area contributed by atoms with E-state index in [0.717, 1.165) is 10.8 Å². The van der Waals surface area contributed by atoms with Crippen molar-refractivity contribution in [3.8, 4) is 0 Å². The second-order valence-electron chi connectivity index (χ2n) is 1.70. The van der Waals surface area contributed by atoms with Gasteiger partial charge in [-0.15, -0.1) is 11.3 Å². The Bertz CT molecular complexity index is 201. The molecule has 56 valence electrons. The average molecular weight is 178 g/mol. The van der Waals surface area contributed by atoms with E-state index < -0.39 is 0 Å². The standard InChI is InChI=1S/C5H8ClN3S/c1-7-5-9-4(2-8-6)3-10-5/h3,8H,2H2,1H3,(H,7,9). The van der Waals surface area contributed by atoms with Crippen LogP contribution in [-0.2, 0) is 6.54 Å². The molecule has 1 aromatic rings. The maximum atomic E-state index is 5.28. The number of nitrogens with one attached hydrogen (secondary N) is 2. The average Bonchev–Trinajstić information content (AvgIpc) is 2.37. The molecule has 0 unspecified atom stereocenters. The first kappa shape index (κ1) is 7.78. The van der Waals surface area contributed by atoms with Gasteiger partial charge in [0.05, 0.1) is 12.2 Å². The van der Waals surface area contributed by atoms with Crippen LogP contribution in [0, 0.1) is 0 Å². The van der Waals surface area contributed by atoms with Gasteiger partial charge in [0.1, 0.15) is 0 Å². The first-order chi connectivity index (χ1) is 4.86. The van der Waals surface area contributed by atoms with E-state index in [4.69, 9.17) is 11.8 Å². The first-order valence-electron chi connectivity index (χ1n) is 2.82. The SMILES string of the molecule is CNc1nc(CNCl)cs1. The first-order valence-corrected chi connectivity index (χ1v) is 4.08. The third-order valence-electron chi connectivity index (χ3n) is 1.01. The lowest BCUT2D eigenvalue weighted by Crippen LogP contribution is -1.98. The van der Waals surface area contributed by atoms with Gasteiger partial charge in [0.25, 0.3) is 0 Å². The van der Waals surface area contributed by atoms with E-state index in [2.05, 4.69) is 15.1 Å². The highest BCUT2D eigenvalue weighted by atomic mass is 35.5. The van der Waals surface area contributed by atoms with Gasteiger partial charge in [-0.1, -0.05) is 0 Å². The lowest BCUT2D eigenvalue weighted by atomic mass is 10.5. The third-order valence-corrected chi connectivity index (χ3v) is 2.06. The van der Waals surface area contributed by atoms with E-state index in [1.165, 1.54) is 0 Å². The van der Waals surface area contributed by atoms with Crippen molar-refractivity contribution in [1.29, 1.82) is 0 Å². The molecular formula is C5H8ClN3S. The number of thiazole rings is 1. The molecule has 2 N–H and O–H groups in total.